The normalized spacial score (nSPS) is 10.4. The summed E-state index contributed by atoms with van der Waals surface area (Å²) in [5.74, 6) is -0.0446. The Kier molecular flexibility index (Phi) is 8.96. The molecule has 96 valence electrons. The summed E-state index contributed by atoms with van der Waals surface area (Å²) in [6.07, 6.45) is 2.29. The van der Waals surface area contributed by atoms with E-state index in [9.17, 15) is 4.79 Å². The summed E-state index contributed by atoms with van der Waals surface area (Å²) in [4.78, 5) is 11.1. The Morgan fingerprint density at radius 2 is 1.75 bits per heavy atom. The van der Waals surface area contributed by atoms with Gasteiger partial charge in [0.2, 0.25) is 0 Å². The molecule has 0 saturated heterocycles. The maximum Gasteiger partial charge on any atom is 0.394 e. The van der Waals surface area contributed by atoms with Crippen LogP contribution in [0.3, 0.4) is 0 Å². The molecule has 0 aliphatic rings. The topological polar surface area (TPSA) is 98.2 Å². The SMILES string of the molecule is C=CC(=O)N(CCC)N(C)C.O=S(=O)(O)O. The molecule has 0 saturated carbocycles. The molecule has 0 radical (unpaired) electrons. The van der Waals surface area contributed by atoms with E-state index < -0.39 is 10.4 Å². The summed E-state index contributed by atoms with van der Waals surface area (Å²) in [6, 6.07) is 0. The second-order valence-corrected chi connectivity index (χ2v) is 3.86. The zero-order valence-electron chi connectivity index (χ0n) is 9.62. The van der Waals surface area contributed by atoms with Crippen molar-refractivity contribution < 1.29 is 22.3 Å². The first-order chi connectivity index (χ1) is 7.13. The van der Waals surface area contributed by atoms with Crippen LogP contribution in [0, 0.1) is 0 Å². The predicted octanol–water partition coefficient (Wildman–Crippen LogP) is 0.235. The molecular formula is C8H18N2O5S. The average molecular weight is 254 g/mol. The van der Waals surface area contributed by atoms with Crippen LogP contribution in [-0.4, -0.2) is 54.1 Å². The van der Waals surface area contributed by atoms with E-state index in [4.69, 9.17) is 17.5 Å². The summed E-state index contributed by atoms with van der Waals surface area (Å²) < 4.78 is 31.6. The van der Waals surface area contributed by atoms with Crippen LogP contribution in [0.1, 0.15) is 13.3 Å². The summed E-state index contributed by atoms with van der Waals surface area (Å²) in [5.41, 5.74) is 0. The highest BCUT2D eigenvalue weighted by Crippen LogP contribution is 1.95. The fourth-order valence-electron chi connectivity index (χ4n) is 0.824. The van der Waals surface area contributed by atoms with Crippen molar-refractivity contribution in [1.29, 1.82) is 0 Å². The number of hydrogen-bond donors (Lipinski definition) is 2. The van der Waals surface area contributed by atoms with Gasteiger partial charge in [-0.1, -0.05) is 13.5 Å². The van der Waals surface area contributed by atoms with Crippen molar-refractivity contribution >= 4 is 16.3 Å². The minimum Gasteiger partial charge on any atom is -0.272 e. The number of carbonyl (C=O) groups is 1. The van der Waals surface area contributed by atoms with Gasteiger partial charge in [-0.15, -0.1) is 0 Å². The molecular weight excluding hydrogens is 236 g/mol. The van der Waals surface area contributed by atoms with Gasteiger partial charge in [0.15, 0.2) is 0 Å². The second kappa shape index (κ2) is 8.22. The third-order valence-electron chi connectivity index (χ3n) is 1.35. The summed E-state index contributed by atoms with van der Waals surface area (Å²) >= 11 is 0. The third kappa shape index (κ3) is 13.0. The van der Waals surface area contributed by atoms with Crippen LogP contribution in [0.5, 0.6) is 0 Å². The first kappa shape index (κ1) is 17.4. The molecule has 0 aliphatic carbocycles. The van der Waals surface area contributed by atoms with Crippen LogP contribution < -0.4 is 0 Å². The van der Waals surface area contributed by atoms with Gasteiger partial charge in [-0.05, 0) is 12.5 Å². The summed E-state index contributed by atoms with van der Waals surface area (Å²) in [6.45, 7) is 6.21. The third-order valence-corrected chi connectivity index (χ3v) is 1.35. The number of hydrogen-bond acceptors (Lipinski definition) is 4. The molecule has 16 heavy (non-hydrogen) atoms. The fraction of sp³-hybridized carbons (Fsp3) is 0.625. The minimum atomic E-state index is -4.67. The first-order valence-electron chi connectivity index (χ1n) is 4.44. The van der Waals surface area contributed by atoms with Crippen molar-refractivity contribution in [3.63, 3.8) is 0 Å². The predicted molar refractivity (Wildman–Crippen MR) is 60.1 cm³/mol. The van der Waals surface area contributed by atoms with Crippen LogP contribution in [0.4, 0.5) is 0 Å². The van der Waals surface area contributed by atoms with E-state index in [1.165, 1.54) is 6.08 Å². The van der Waals surface area contributed by atoms with E-state index in [0.717, 1.165) is 13.0 Å². The molecule has 0 bridgehead atoms. The molecule has 0 unspecified atom stereocenters. The molecule has 0 rings (SSSR count). The van der Waals surface area contributed by atoms with Gasteiger partial charge in [-0.3, -0.25) is 18.9 Å². The molecule has 7 nitrogen and oxygen atoms in total. The van der Waals surface area contributed by atoms with Crippen molar-refractivity contribution in [2.24, 2.45) is 0 Å². The van der Waals surface area contributed by atoms with E-state index in [1.807, 2.05) is 21.0 Å². The van der Waals surface area contributed by atoms with Gasteiger partial charge in [-0.25, -0.2) is 5.01 Å². The Bertz CT molecular complexity index is 304. The Labute approximate surface area is 95.9 Å². The lowest BCUT2D eigenvalue weighted by molar-refractivity contribution is -0.139. The van der Waals surface area contributed by atoms with Crippen molar-refractivity contribution in [1.82, 2.24) is 10.0 Å². The van der Waals surface area contributed by atoms with E-state index >= 15 is 0 Å². The number of carbonyl (C=O) groups excluding carboxylic acids is 1. The fourth-order valence-corrected chi connectivity index (χ4v) is 0.824. The van der Waals surface area contributed by atoms with E-state index in [1.54, 1.807) is 10.0 Å². The minimum absolute atomic E-state index is 0.0446. The maximum absolute atomic E-state index is 11.1. The highest BCUT2D eigenvalue weighted by Gasteiger charge is 2.09. The van der Waals surface area contributed by atoms with Crippen LogP contribution in [-0.2, 0) is 15.2 Å². The Hall–Kier alpha value is -0.960. The number of rotatable bonds is 4. The zero-order chi connectivity index (χ0) is 13.4. The largest absolute Gasteiger partial charge is 0.394 e. The van der Waals surface area contributed by atoms with Crippen LogP contribution >= 0.6 is 0 Å². The number of hydrazine groups is 1. The Morgan fingerprint density at radius 1 is 1.38 bits per heavy atom. The Morgan fingerprint density at radius 3 is 1.94 bits per heavy atom. The lowest BCUT2D eigenvalue weighted by Crippen LogP contribution is -2.41. The molecule has 0 heterocycles. The average Bonchev–Trinajstić information content (AvgIpc) is 2.09. The van der Waals surface area contributed by atoms with Crippen molar-refractivity contribution in [3.05, 3.63) is 12.7 Å². The van der Waals surface area contributed by atoms with Gasteiger partial charge < -0.3 is 0 Å². The van der Waals surface area contributed by atoms with Gasteiger partial charge >= 0.3 is 10.4 Å². The molecule has 2 N–H and O–H groups in total. The summed E-state index contributed by atoms with van der Waals surface area (Å²) in [7, 11) is -0.978. The number of nitrogens with zero attached hydrogens (tertiary/aromatic N) is 2. The first-order valence-corrected chi connectivity index (χ1v) is 5.84. The molecule has 0 atom stereocenters. The molecule has 0 aromatic heterocycles. The second-order valence-electron chi connectivity index (χ2n) is 2.96. The van der Waals surface area contributed by atoms with Crippen molar-refractivity contribution in [2.75, 3.05) is 20.6 Å². The molecule has 0 fully saturated rings. The monoisotopic (exact) mass is 254 g/mol. The Balaban J connectivity index is 0. The van der Waals surface area contributed by atoms with E-state index in [0.29, 0.717) is 0 Å². The van der Waals surface area contributed by atoms with E-state index in [-0.39, 0.29) is 5.91 Å². The van der Waals surface area contributed by atoms with E-state index in [2.05, 4.69) is 6.58 Å². The van der Waals surface area contributed by atoms with Gasteiger partial charge in [-0.2, -0.15) is 8.42 Å². The van der Waals surface area contributed by atoms with Crippen molar-refractivity contribution in [3.8, 4) is 0 Å². The van der Waals surface area contributed by atoms with Crippen LogP contribution in [0.25, 0.3) is 0 Å². The number of amides is 1. The molecule has 0 aromatic rings. The van der Waals surface area contributed by atoms with Gasteiger partial charge in [0.25, 0.3) is 5.91 Å². The molecule has 1 amide bonds. The van der Waals surface area contributed by atoms with Gasteiger partial charge in [0.1, 0.15) is 0 Å². The smallest absolute Gasteiger partial charge is 0.272 e. The molecule has 0 spiro atoms. The summed E-state index contributed by atoms with van der Waals surface area (Å²) in [5, 5.41) is 3.42. The molecule has 0 aliphatic heterocycles. The lowest BCUT2D eigenvalue weighted by atomic mass is 10.4. The highest BCUT2D eigenvalue weighted by molar-refractivity contribution is 7.79. The van der Waals surface area contributed by atoms with Crippen LogP contribution in [0.15, 0.2) is 12.7 Å². The zero-order valence-corrected chi connectivity index (χ0v) is 10.4. The standard InChI is InChI=1S/C8H16N2O.H2O4S/c1-5-7-10(9(3)4)8(11)6-2;1-5(2,3)4/h6H,2,5,7H2,1,3-4H3;(H2,1,2,3,4). The highest BCUT2D eigenvalue weighted by atomic mass is 32.3. The van der Waals surface area contributed by atoms with Gasteiger partial charge in [0.05, 0.1) is 0 Å². The lowest BCUT2D eigenvalue weighted by Gasteiger charge is -2.27. The molecule has 8 heteroatoms. The van der Waals surface area contributed by atoms with Gasteiger partial charge in [0, 0.05) is 20.6 Å². The molecule has 0 aromatic carbocycles. The van der Waals surface area contributed by atoms with Crippen molar-refractivity contribution in [2.45, 2.75) is 13.3 Å². The maximum atomic E-state index is 11.1. The van der Waals surface area contributed by atoms with Crippen LogP contribution in [0.2, 0.25) is 0 Å². The quantitative estimate of drug-likeness (QED) is 0.423.